The minimum atomic E-state index is 0.361. The summed E-state index contributed by atoms with van der Waals surface area (Å²) in [5.41, 5.74) is 9.34. The molecule has 0 saturated carbocycles. The van der Waals surface area contributed by atoms with E-state index in [9.17, 15) is 0 Å². The zero-order chi connectivity index (χ0) is 15.8. The van der Waals surface area contributed by atoms with Crippen molar-refractivity contribution in [1.82, 2.24) is 24.7 Å². The summed E-state index contributed by atoms with van der Waals surface area (Å²) in [6.07, 6.45) is 5.19. The van der Waals surface area contributed by atoms with Crippen LogP contribution in [-0.2, 0) is 0 Å². The number of hydrogen-bond donors (Lipinski definition) is 1. The molecule has 0 bridgehead atoms. The van der Waals surface area contributed by atoms with Gasteiger partial charge in [0.05, 0.1) is 17.4 Å². The van der Waals surface area contributed by atoms with E-state index in [4.69, 9.17) is 5.73 Å². The topological polar surface area (TPSA) is 82.5 Å². The molecule has 6 nitrogen and oxygen atoms in total. The van der Waals surface area contributed by atoms with Crippen LogP contribution in [0.5, 0.6) is 0 Å². The number of aryl methyl sites for hydroxylation is 1. The summed E-state index contributed by atoms with van der Waals surface area (Å²) >= 11 is 0. The first kappa shape index (κ1) is 13.4. The first-order chi connectivity index (χ1) is 11.2. The van der Waals surface area contributed by atoms with E-state index in [1.807, 2.05) is 49.5 Å². The van der Waals surface area contributed by atoms with Gasteiger partial charge in [0.25, 0.3) is 0 Å². The molecule has 112 valence electrons. The minimum Gasteiger partial charge on any atom is -0.382 e. The molecule has 0 atom stereocenters. The monoisotopic (exact) mass is 302 g/mol. The van der Waals surface area contributed by atoms with Crippen LogP contribution in [-0.4, -0.2) is 24.7 Å². The Hall–Kier alpha value is -3.28. The normalized spacial score (nSPS) is 11.0. The third-order valence-electron chi connectivity index (χ3n) is 3.59. The molecule has 4 rings (SSSR count). The standard InChI is InChI=1S/C17H14N6/c1-11-6-8-23(22-11)17-16(20-10-15(18)21-17)13-4-5-14-12(9-13)3-2-7-19-14/h2-10H,1H3,(H2,18,21). The van der Waals surface area contributed by atoms with Gasteiger partial charge in [-0.05, 0) is 31.2 Å². The highest BCUT2D eigenvalue weighted by atomic mass is 15.3. The van der Waals surface area contributed by atoms with Crippen LogP contribution in [0.2, 0.25) is 0 Å². The Kier molecular flexibility index (Phi) is 3.01. The maximum absolute atomic E-state index is 5.82. The minimum absolute atomic E-state index is 0.361. The van der Waals surface area contributed by atoms with Crippen molar-refractivity contribution in [3.63, 3.8) is 0 Å². The fraction of sp³-hybridized carbons (Fsp3) is 0.0588. The van der Waals surface area contributed by atoms with Crippen LogP contribution in [0.25, 0.3) is 28.0 Å². The number of nitrogen functional groups attached to an aromatic ring is 1. The van der Waals surface area contributed by atoms with Crippen molar-refractivity contribution in [3.8, 4) is 17.1 Å². The average Bonchev–Trinajstić information content (AvgIpc) is 3.01. The van der Waals surface area contributed by atoms with Crippen molar-refractivity contribution in [1.29, 1.82) is 0 Å². The van der Waals surface area contributed by atoms with E-state index in [2.05, 4.69) is 20.1 Å². The first-order valence-corrected chi connectivity index (χ1v) is 7.21. The lowest BCUT2D eigenvalue weighted by Gasteiger charge is -2.09. The molecule has 3 heterocycles. The van der Waals surface area contributed by atoms with Crippen molar-refractivity contribution in [3.05, 3.63) is 60.7 Å². The van der Waals surface area contributed by atoms with E-state index in [1.54, 1.807) is 17.1 Å². The van der Waals surface area contributed by atoms with Crippen LogP contribution in [0, 0.1) is 6.92 Å². The lowest BCUT2D eigenvalue weighted by molar-refractivity contribution is 0.829. The number of aromatic nitrogens is 5. The molecule has 0 saturated heterocycles. The molecule has 0 aliphatic rings. The summed E-state index contributed by atoms with van der Waals surface area (Å²) in [5, 5.41) is 5.46. The van der Waals surface area contributed by atoms with Crippen LogP contribution in [0.4, 0.5) is 5.82 Å². The summed E-state index contributed by atoms with van der Waals surface area (Å²) in [4.78, 5) is 13.2. The van der Waals surface area contributed by atoms with Gasteiger partial charge in [0.1, 0.15) is 11.5 Å². The van der Waals surface area contributed by atoms with Gasteiger partial charge in [-0.2, -0.15) is 5.10 Å². The second-order valence-electron chi connectivity index (χ2n) is 5.28. The highest BCUT2D eigenvalue weighted by molar-refractivity contribution is 5.84. The Morgan fingerprint density at radius 2 is 2.00 bits per heavy atom. The number of anilines is 1. The van der Waals surface area contributed by atoms with E-state index in [0.717, 1.165) is 27.9 Å². The molecule has 3 aromatic heterocycles. The average molecular weight is 302 g/mol. The maximum Gasteiger partial charge on any atom is 0.182 e. The van der Waals surface area contributed by atoms with E-state index in [1.165, 1.54) is 0 Å². The number of fused-ring (bicyclic) bond motifs is 1. The third-order valence-corrected chi connectivity index (χ3v) is 3.59. The van der Waals surface area contributed by atoms with Crippen LogP contribution >= 0.6 is 0 Å². The van der Waals surface area contributed by atoms with Gasteiger partial charge in [-0.3, -0.25) is 4.98 Å². The molecule has 2 N–H and O–H groups in total. The number of nitrogens with two attached hydrogens (primary N) is 1. The zero-order valence-electron chi connectivity index (χ0n) is 12.5. The Morgan fingerprint density at radius 3 is 2.83 bits per heavy atom. The largest absolute Gasteiger partial charge is 0.382 e. The smallest absolute Gasteiger partial charge is 0.182 e. The summed E-state index contributed by atoms with van der Waals surface area (Å²) in [7, 11) is 0. The molecule has 0 spiro atoms. The van der Waals surface area contributed by atoms with Gasteiger partial charge in [0.15, 0.2) is 5.82 Å². The predicted molar refractivity (Wildman–Crippen MR) is 89.0 cm³/mol. The van der Waals surface area contributed by atoms with Gasteiger partial charge < -0.3 is 5.73 Å². The quantitative estimate of drug-likeness (QED) is 0.615. The lowest BCUT2D eigenvalue weighted by Crippen LogP contribution is -2.05. The van der Waals surface area contributed by atoms with Crippen LogP contribution in [0.15, 0.2) is 55.0 Å². The number of rotatable bonds is 2. The molecule has 0 unspecified atom stereocenters. The highest BCUT2D eigenvalue weighted by Gasteiger charge is 2.13. The predicted octanol–water partition coefficient (Wildman–Crippen LogP) is 2.77. The maximum atomic E-state index is 5.82. The molecule has 0 amide bonds. The van der Waals surface area contributed by atoms with Crippen LogP contribution < -0.4 is 5.73 Å². The Labute approximate surface area is 132 Å². The molecular weight excluding hydrogens is 288 g/mol. The number of pyridine rings is 1. The fourth-order valence-electron chi connectivity index (χ4n) is 2.51. The molecule has 0 fully saturated rings. The molecule has 1 aromatic carbocycles. The van der Waals surface area contributed by atoms with Gasteiger partial charge >= 0.3 is 0 Å². The summed E-state index contributed by atoms with van der Waals surface area (Å²) < 4.78 is 1.70. The van der Waals surface area contributed by atoms with E-state index in [-0.39, 0.29) is 0 Å². The van der Waals surface area contributed by atoms with Gasteiger partial charge in [-0.25, -0.2) is 14.6 Å². The van der Waals surface area contributed by atoms with Gasteiger partial charge in [-0.1, -0.05) is 12.1 Å². The molecule has 0 aliphatic heterocycles. The van der Waals surface area contributed by atoms with Crippen molar-refractivity contribution in [2.24, 2.45) is 0 Å². The Balaban J connectivity index is 1.93. The highest BCUT2D eigenvalue weighted by Crippen LogP contribution is 2.26. The molecule has 0 aliphatic carbocycles. The summed E-state index contributed by atoms with van der Waals surface area (Å²) in [5.74, 6) is 0.973. The second kappa shape index (κ2) is 5.17. The Bertz CT molecular complexity index is 1000. The molecular formula is C17H14N6. The van der Waals surface area contributed by atoms with Crippen LogP contribution in [0.3, 0.4) is 0 Å². The molecule has 23 heavy (non-hydrogen) atoms. The summed E-state index contributed by atoms with van der Waals surface area (Å²) in [6.45, 7) is 1.93. The molecule has 4 aromatic rings. The number of nitrogens with zero attached hydrogens (tertiary/aromatic N) is 5. The van der Waals surface area contributed by atoms with Gasteiger partial charge in [0, 0.05) is 23.3 Å². The van der Waals surface area contributed by atoms with Crippen molar-refractivity contribution < 1.29 is 0 Å². The molecule has 6 heteroatoms. The first-order valence-electron chi connectivity index (χ1n) is 7.21. The second-order valence-corrected chi connectivity index (χ2v) is 5.28. The van der Waals surface area contributed by atoms with Crippen molar-refractivity contribution in [2.75, 3.05) is 5.73 Å². The zero-order valence-corrected chi connectivity index (χ0v) is 12.5. The van der Waals surface area contributed by atoms with Crippen molar-refractivity contribution >= 4 is 16.7 Å². The van der Waals surface area contributed by atoms with E-state index in [0.29, 0.717) is 11.6 Å². The van der Waals surface area contributed by atoms with E-state index >= 15 is 0 Å². The van der Waals surface area contributed by atoms with Gasteiger partial charge in [-0.15, -0.1) is 0 Å². The molecule has 0 radical (unpaired) electrons. The Morgan fingerprint density at radius 1 is 1.09 bits per heavy atom. The number of benzene rings is 1. The summed E-state index contributed by atoms with van der Waals surface area (Å²) in [6, 6.07) is 11.9. The lowest BCUT2D eigenvalue weighted by atomic mass is 10.1. The van der Waals surface area contributed by atoms with Gasteiger partial charge in [0.2, 0.25) is 0 Å². The third kappa shape index (κ3) is 2.40. The van der Waals surface area contributed by atoms with Crippen molar-refractivity contribution in [2.45, 2.75) is 6.92 Å². The van der Waals surface area contributed by atoms with Crippen LogP contribution in [0.1, 0.15) is 5.69 Å². The fourth-order valence-corrected chi connectivity index (χ4v) is 2.51. The number of hydrogen-bond acceptors (Lipinski definition) is 5. The SMILES string of the molecule is Cc1ccn(-c2nc(N)cnc2-c2ccc3ncccc3c2)n1. The van der Waals surface area contributed by atoms with E-state index < -0.39 is 0 Å².